The highest BCUT2D eigenvalue weighted by Gasteiger charge is 2.09. The lowest BCUT2D eigenvalue weighted by Gasteiger charge is -2.10. The van der Waals surface area contributed by atoms with Crippen molar-refractivity contribution in [1.82, 2.24) is 4.57 Å². The van der Waals surface area contributed by atoms with Crippen molar-refractivity contribution in [1.29, 1.82) is 0 Å². The van der Waals surface area contributed by atoms with E-state index in [0.717, 1.165) is 11.3 Å². The molecule has 0 atom stereocenters. The van der Waals surface area contributed by atoms with E-state index in [1.807, 2.05) is 6.21 Å². The molecule has 0 saturated heterocycles. The zero-order valence-electron chi connectivity index (χ0n) is 15.7. The Morgan fingerprint density at radius 3 is 2.28 bits per heavy atom. The summed E-state index contributed by atoms with van der Waals surface area (Å²) < 4.78 is 2.29. The first-order valence-corrected chi connectivity index (χ1v) is 8.85. The van der Waals surface area contributed by atoms with Crippen molar-refractivity contribution in [2.75, 3.05) is 0 Å². The monoisotopic (exact) mass is 330 g/mol. The van der Waals surface area contributed by atoms with E-state index in [9.17, 15) is 0 Å². The van der Waals surface area contributed by atoms with Gasteiger partial charge in [0.05, 0.1) is 5.69 Å². The van der Waals surface area contributed by atoms with Gasteiger partial charge in [-0.1, -0.05) is 38.1 Å². The Hall–Kier alpha value is -2.61. The first kappa shape index (κ1) is 17.2. The summed E-state index contributed by atoms with van der Waals surface area (Å²) in [6.45, 7) is 10.8. The minimum Gasteiger partial charge on any atom is -0.318 e. The van der Waals surface area contributed by atoms with Crippen LogP contribution in [0.15, 0.2) is 59.6 Å². The third kappa shape index (κ3) is 3.74. The Labute approximate surface area is 150 Å². The summed E-state index contributed by atoms with van der Waals surface area (Å²) in [6.07, 6.45) is 1.97. The Morgan fingerprint density at radius 2 is 1.64 bits per heavy atom. The zero-order valence-corrected chi connectivity index (χ0v) is 15.7. The van der Waals surface area contributed by atoms with Crippen LogP contribution in [0.1, 0.15) is 47.8 Å². The number of rotatable bonds is 4. The van der Waals surface area contributed by atoms with Crippen molar-refractivity contribution in [3.05, 3.63) is 82.7 Å². The van der Waals surface area contributed by atoms with Gasteiger partial charge in [-0.15, -0.1) is 0 Å². The van der Waals surface area contributed by atoms with Crippen LogP contribution < -0.4 is 0 Å². The van der Waals surface area contributed by atoms with Gasteiger partial charge in [0.15, 0.2) is 0 Å². The van der Waals surface area contributed by atoms with Gasteiger partial charge in [0.25, 0.3) is 0 Å². The van der Waals surface area contributed by atoms with E-state index in [1.165, 1.54) is 28.2 Å². The van der Waals surface area contributed by atoms with Crippen molar-refractivity contribution < 1.29 is 0 Å². The van der Waals surface area contributed by atoms with Crippen LogP contribution in [0.2, 0.25) is 0 Å². The molecule has 2 nitrogen and oxygen atoms in total. The molecule has 3 rings (SSSR count). The molecule has 128 valence electrons. The van der Waals surface area contributed by atoms with Crippen molar-refractivity contribution in [2.45, 2.75) is 40.5 Å². The van der Waals surface area contributed by atoms with Gasteiger partial charge in [-0.2, -0.15) is 0 Å². The maximum atomic E-state index is 4.67. The molecule has 2 aromatic carbocycles. The fraction of sp³-hybridized carbons (Fsp3) is 0.261. The molecule has 1 heterocycles. The quantitative estimate of drug-likeness (QED) is 0.501. The Kier molecular flexibility index (Phi) is 4.89. The molecule has 0 saturated carbocycles. The van der Waals surface area contributed by atoms with Gasteiger partial charge in [-0.3, -0.25) is 4.99 Å². The van der Waals surface area contributed by atoms with Gasteiger partial charge >= 0.3 is 0 Å². The van der Waals surface area contributed by atoms with E-state index in [0.29, 0.717) is 5.92 Å². The average Bonchev–Trinajstić information content (AvgIpc) is 2.87. The molecule has 0 spiro atoms. The van der Waals surface area contributed by atoms with Gasteiger partial charge in [0.2, 0.25) is 0 Å². The largest absolute Gasteiger partial charge is 0.318 e. The average molecular weight is 330 g/mol. The SMILES string of the molecule is Cc1cccc(-n2c(C)cc(C=Nc3ccc(C(C)C)cc3)c2C)c1. The number of hydrogen-bond acceptors (Lipinski definition) is 1. The number of benzene rings is 2. The summed E-state index contributed by atoms with van der Waals surface area (Å²) in [5.41, 5.74) is 8.40. The molecule has 0 fully saturated rings. The van der Waals surface area contributed by atoms with E-state index in [4.69, 9.17) is 0 Å². The predicted octanol–water partition coefficient (Wildman–Crippen LogP) is 6.28. The maximum absolute atomic E-state index is 4.67. The molecule has 0 N–H and O–H groups in total. The summed E-state index contributed by atoms with van der Waals surface area (Å²) in [6, 6.07) is 19.3. The molecular formula is C23H26N2. The normalized spacial score (nSPS) is 11.6. The summed E-state index contributed by atoms with van der Waals surface area (Å²) in [5.74, 6) is 0.547. The molecule has 0 amide bonds. The Morgan fingerprint density at radius 1 is 0.920 bits per heavy atom. The van der Waals surface area contributed by atoms with Crippen molar-refractivity contribution in [3.8, 4) is 5.69 Å². The zero-order chi connectivity index (χ0) is 18.0. The molecule has 0 radical (unpaired) electrons. The fourth-order valence-electron chi connectivity index (χ4n) is 3.17. The number of aromatic nitrogens is 1. The van der Waals surface area contributed by atoms with E-state index < -0.39 is 0 Å². The molecule has 0 unspecified atom stereocenters. The maximum Gasteiger partial charge on any atom is 0.0630 e. The topological polar surface area (TPSA) is 17.3 Å². The van der Waals surface area contributed by atoms with Gasteiger partial charge in [0, 0.05) is 28.9 Å². The highest BCUT2D eigenvalue weighted by atomic mass is 15.0. The highest BCUT2D eigenvalue weighted by molar-refractivity contribution is 5.84. The molecule has 0 bridgehead atoms. The first-order valence-electron chi connectivity index (χ1n) is 8.85. The molecule has 2 heteroatoms. The van der Waals surface area contributed by atoms with E-state index in [1.54, 1.807) is 0 Å². The van der Waals surface area contributed by atoms with Crippen molar-refractivity contribution >= 4 is 11.9 Å². The number of hydrogen-bond donors (Lipinski definition) is 0. The van der Waals surface area contributed by atoms with Crippen LogP contribution in [0.3, 0.4) is 0 Å². The third-order valence-electron chi connectivity index (χ3n) is 4.64. The predicted molar refractivity (Wildman–Crippen MR) is 108 cm³/mol. The minimum atomic E-state index is 0.547. The Bertz CT molecular complexity index is 896. The molecule has 0 aliphatic carbocycles. The first-order chi connectivity index (χ1) is 12.0. The number of aliphatic imine (C=N–C) groups is 1. The summed E-state index contributed by atoms with van der Waals surface area (Å²) >= 11 is 0. The van der Waals surface area contributed by atoms with Crippen molar-refractivity contribution in [3.63, 3.8) is 0 Å². The van der Waals surface area contributed by atoms with Crippen LogP contribution in [-0.2, 0) is 0 Å². The highest BCUT2D eigenvalue weighted by Crippen LogP contribution is 2.22. The standard InChI is InChI=1S/C23H26N2/c1-16(2)20-9-11-22(12-10-20)24-15-21-14-18(4)25(19(21)5)23-8-6-7-17(3)13-23/h6-16H,1-5H3. The second-order valence-corrected chi connectivity index (χ2v) is 7.01. The second kappa shape index (κ2) is 7.10. The van der Waals surface area contributed by atoms with Crippen LogP contribution in [0.5, 0.6) is 0 Å². The van der Waals surface area contributed by atoms with Gasteiger partial charge in [-0.05, 0) is 68.1 Å². The number of nitrogens with zero attached hydrogens (tertiary/aromatic N) is 2. The molecule has 3 aromatic rings. The van der Waals surface area contributed by atoms with Crippen LogP contribution in [0.4, 0.5) is 5.69 Å². The summed E-state index contributed by atoms with van der Waals surface area (Å²) in [7, 11) is 0. The lowest BCUT2D eigenvalue weighted by Crippen LogP contribution is -1.99. The van der Waals surface area contributed by atoms with Gasteiger partial charge < -0.3 is 4.57 Å². The van der Waals surface area contributed by atoms with Gasteiger partial charge in [-0.25, -0.2) is 0 Å². The molecule has 1 aromatic heterocycles. The summed E-state index contributed by atoms with van der Waals surface area (Å²) in [5, 5.41) is 0. The lowest BCUT2D eigenvalue weighted by atomic mass is 10.0. The minimum absolute atomic E-state index is 0.547. The lowest BCUT2D eigenvalue weighted by molar-refractivity contribution is 0.867. The summed E-state index contributed by atoms with van der Waals surface area (Å²) in [4.78, 5) is 4.67. The number of aryl methyl sites for hydroxylation is 2. The fourth-order valence-corrected chi connectivity index (χ4v) is 3.17. The van der Waals surface area contributed by atoms with Crippen LogP contribution in [0.25, 0.3) is 5.69 Å². The smallest absolute Gasteiger partial charge is 0.0630 e. The van der Waals surface area contributed by atoms with E-state index >= 15 is 0 Å². The van der Waals surface area contributed by atoms with E-state index in [2.05, 4.69) is 98.8 Å². The Balaban J connectivity index is 1.90. The van der Waals surface area contributed by atoms with E-state index in [-0.39, 0.29) is 0 Å². The van der Waals surface area contributed by atoms with Gasteiger partial charge in [0.1, 0.15) is 0 Å². The second-order valence-electron chi connectivity index (χ2n) is 7.01. The van der Waals surface area contributed by atoms with Crippen molar-refractivity contribution in [2.24, 2.45) is 4.99 Å². The third-order valence-corrected chi connectivity index (χ3v) is 4.64. The van der Waals surface area contributed by atoms with Crippen LogP contribution in [0, 0.1) is 20.8 Å². The van der Waals surface area contributed by atoms with Crippen LogP contribution in [-0.4, -0.2) is 10.8 Å². The molecule has 25 heavy (non-hydrogen) atoms. The van der Waals surface area contributed by atoms with Crippen LogP contribution >= 0.6 is 0 Å². The molecular weight excluding hydrogens is 304 g/mol. The molecule has 0 aliphatic heterocycles. The molecule has 0 aliphatic rings.